The molecule has 1 aliphatic carbocycles. The zero-order chi connectivity index (χ0) is 7.07. The van der Waals surface area contributed by atoms with Crippen molar-refractivity contribution in [2.45, 2.75) is 26.7 Å². The van der Waals surface area contributed by atoms with E-state index in [-0.39, 0.29) is 17.0 Å². The fraction of sp³-hybridized carbons (Fsp3) is 0.714. The molecule has 2 heteroatoms. The van der Waals surface area contributed by atoms with E-state index in [2.05, 4.69) is 0 Å². The van der Waals surface area contributed by atoms with Gasteiger partial charge in [-0.2, -0.15) is 0 Å². The third kappa shape index (κ3) is 0.696. The Hall–Kier alpha value is -0.660. The molecule has 0 aromatic rings. The molecule has 1 fully saturated rings. The molecule has 0 bridgehead atoms. The Labute approximate surface area is 54.2 Å². The van der Waals surface area contributed by atoms with Crippen LogP contribution in [0.5, 0.6) is 0 Å². The molecule has 50 valence electrons. The largest absolute Gasteiger partial charge is 0.291 e. The lowest BCUT2D eigenvalue weighted by Gasteiger charge is -2.33. The van der Waals surface area contributed by atoms with Crippen molar-refractivity contribution in [3.63, 3.8) is 0 Å². The molecule has 0 amide bonds. The average molecular weight is 126 g/mol. The summed E-state index contributed by atoms with van der Waals surface area (Å²) in [5.74, 6) is -0.371. The van der Waals surface area contributed by atoms with Gasteiger partial charge in [0.2, 0.25) is 5.78 Å². The summed E-state index contributed by atoms with van der Waals surface area (Å²) in [5, 5.41) is 0. The van der Waals surface area contributed by atoms with Crippen molar-refractivity contribution < 1.29 is 9.59 Å². The second kappa shape index (κ2) is 1.66. The van der Waals surface area contributed by atoms with Crippen LogP contribution in [0.4, 0.5) is 0 Å². The number of ketones is 2. The van der Waals surface area contributed by atoms with E-state index in [1.165, 1.54) is 0 Å². The molecular weight excluding hydrogens is 116 g/mol. The Balaban J connectivity index is 2.70. The summed E-state index contributed by atoms with van der Waals surface area (Å²) in [6.07, 6.45) is 1.25. The quantitative estimate of drug-likeness (QED) is 0.490. The van der Waals surface area contributed by atoms with E-state index < -0.39 is 0 Å². The van der Waals surface area contributed by atoms with E-state index in [1.54, 1.807) is 0 Å². The number of rotatable bonds is 1. The molecule has 1 unspecified atom stereocenters. The van der Waals surface area contributed by atoms with Crippen molar-refractivity contribution in [1.29, 1.82) is 0 Å². The number of carbonyl (C=O) groups excluding carboxylic acids is 2. The van der Waals surface area contributed by atoms with Crippen molar-refractivity contribution in [3.8, 4) is 0 Å². The summed E-state index contributed by atoms with van der Waals surface area (Å²) in [7, 11) is 0. The second-order valence-corrected chi connectivity index (χ2v) is 2.84. The molecule has 0 saturated heterocycles. The molecule has 2 nitrogen and oxygen atoms in total. The van der Waals surface area contributed by atoms with Crippen LogP contribution in [0.2, 0.25) is 0 Å². The highest BCUT2D eigenvalue weighted by Gasteiger charge is 2.47. The van der Waals surface area contributed by atoms with E-state index in [4.69, 9.17) is 0 Å². The first-order chi connectivity index (χ1) is 4.10. The molecule has 0 N–H and O–H groups in total. The average Bonchev–Trinajstić information content (AvgIpc) is 1.87. The smallest absolute Gasteiger partial charge is 0.204 e. The first-order valence-corrected chi connectivity index (χ1v) is 3.18. The van der Waals surface area contributed by atoms with Crippen LogP contribution in [-0.4, -0.2) is 11.6 Å². The second-order valence-electron chi connectivity index (χ2n) is 2.84. The summed E-state index contributed by atoms with van der Waals surface area (Å²) in [6.45, 7) is 3.78. The normalized spacial score (nSPS) is 34.4. The van der Waals surface area contributed by atoms with Crippen LogP contribution < -0.4 is 0 Å². The standard InChI is InChI=1S/C7H10O2/c1-3-7(2)4-5(8)6(7)9/h3-4H2,1-2H3. The molecule has 9 heavy (non-hydrogen) atoms. The van der Waals surface area contributed by atoms with Gasteiger partial charge in [0.1, 0.15) is 0 Å². The van der Waals surface area contributed by atoms with Crippen LogP contribution >= 0.6 is 0 Å². The van der Waals surface area contributed by atoms with E-state index in [0.29, 0.717) is 6.42 Å². The predicted molar refractivity (Wildman–Crippen MR) is 33.0 cm³/mol. The molecule has 1 rings (SSSR count). The minimum atomic E-state index is -0.295. The zero-order valence-corrected chi connectivity index (χ0v) is 5.73. The Morgan fingerprint density at radius 1 is 1.56 bits per heavy atom. The molecule has 1 saturated carbocycles. The minimum Gasteiger partial charge on any atom is -0.291 e. The minimum absolute atomic E-state index is 0.176. The van der Waals surface area contributed by atoms with Crippen molar-refractivity contribution in [2.75, 3.05) is 0 Å². The van der Waals surface area contributed by atoms with Gasteiger partial charge in [-0.15, -0.1) is 0 Å². The number of hydrogen-bond acceptors (Lipinski definition) is 2. The van der Waals surface area contributed by atoms with E-state index in [0.717, 1.165) is 6.42 Å². The van der Waals surface area contributed by atoms with Gasteiger partial charge in [0.25, 0.3) is 0 Å². The number of hydrogen-bond donors (Lipinski definition) is 0. The highest BCUT2D eigenvalue weighted by molar-refractivity contribution is 6.45. The maximum Gasteiger partial charge on any atom is 0.204 e. The summed E-state index contributed by atoms with van der Waals surface area (Å²) >= 11 is 0. The molecule has 1 atom stereocenters. The van der Waals surface area contributed by atoms with E-state index in [9.17, 15) is 9.59 Å². The first-order valence-electron chi connectivity index (χ1n) is 3.18. The van der Waals surface area contributed by atoms with Gasteiger partial charge in [0.05, 0.1) is 0 Å². The van der Waals surface area contributed by atoms with Crippen LogP contribution in [-0.2, 0) is 9.59 Å². The van der Waals surface area contributed by atoms with E-state index >= 15 is 0 Å². The highest BCUT2D eigenvalue weighted by atomic mass is 16.2. The number of Topliss-reactive ketones (excluding diaryl/α,β-unsaturated/α-hetero) is 2. The van der Waals surface area contributed by atoms with Gasteiger partial charge < -0.3 is 0 Å². The van der Waals surface area contributed by atoms with Crippen molar-refractivity contribution in [2.24, 2.45) is 5.41 Å². The van der Waals surface area contributed by atoms with Gasteiger partial charge in [-0.05, 0) is 6.42 Å². The van der Waals surface area contributed by atoms with Gasteiger partial charge in [-0.25, -0.2) is 0 Å². The Kier molecular flexibility index (Phi) is 1.19. The molecule has 0 spiro atoms. The summed E-state index contributed by atoms with van der Waals surface area (Å²) in [5.41, 5.74) is -0.295. The molecule has 0 radical (unpaired) electrons. The topological polar surface area (TPSA) is 34.1 Å². The van der Waals surface area contributed by atoms with Gasteiger partial charge in [0, 0.05) is 11.8 Å². The van der Waals surface area contributed by atoms with Crippen LogP contribution in [0.25, 0.3) is 0 Å². The molecule has 1 aliphatic rings. The summed E-state index contributed by atoms with van der Waals surface area (Å²) in [6, 6.07) is 0. The molecule has 0 aromatic heterocycles. The Morgan fingerprint density at radius 2 is 2.11 bits per heavy atom. The van der Waals surface area contributed by atoms with Crippen molar-refractivity contribution in [1.82, 2.24) is 0 Å². The lowest BCUT2D eigenvalue weighted by atomic mass is 9.66. The fourth-order valence-corrected chi connectivity index (χ4v) is 1.03. The van der Waals surface area contributed by atoms with E-state index in [1.807, 2.05) is 13.8 Å². The fourth-order valence-electron chi connectivity index (χ4n) is 1.03. The maximum atomic E-state index is 10.8. The third-order valence-corrected chi connectivity index (χ3v) is 2.13. The SMILES string of the molecule is CCC1(C)CC(=O)C1=O. The van der Waals surface area contributed by atoms with Crippen LogP contribution in [0, 0.1) is 5.41 Å². The first kappa shape index (κ1) is 6.46. The molecule has 0 heterocycles. The van der Waals surface area contributed by atoms with Gasteiger partial charge >= 0.3 is 0 Å². The third-order valence-electron chi connectivity index (χ3n) is 2.13. The molecule has 0 aliphatic heterocycles. The summed E-state index contributed by atoms with van der Waals surface area (Å²) in [4.78, 5) is 21.2. The lowest BCUT2D eigenvalue weighted by Crippen LogP contribution is -2.46. The monoisotopic (exact) mass is 126 g/mol. The van der Waals surface area contributed by atoms with Crippen LogP contribution in [0.3, 0.4) is 0 Å². The van der Waals surface area contributed by atoms with Crippen LogP contribution in [0.15, 0.2) is 0 Å². The summed E-state index contributed by atoms with van der Waals surface area (Å²) < 4.78 is 0. The predicted octanol–water partition coefficient (Wildman–Crippen LogP) is 0.945. The van der Waals surface area contributed by atoms with Crippen LogP contribution in [0.1, 0.15) is 26.7 Å². The van der Waals surface area contributed by atoms with Gasteiger partial charge in [0.15, 0.2) is 5.78 Å². The highest BCUT2D eigenvalue weighted by Crippen LogP contribution is 2.36. The maximum absolute atomic E-state index is 10.8. The van der Waals surface area contributed by atoms with Crippen molar-refractivity contribution in [3.05, 3.63) is 0 Å². The molecular formula is C7H10O2. The zero-order valence-electron chi connectivity index (χ0n) is 5.73. The Bertz CT molecular complexity index is 172. The number of carbonyl (C=O) groups is 2. The molecule has 0 aromatic carbocycles. The van der Waals surface area contributed by atoms with Crippen molar-refractivity contribution >= 4 is 11.6 Å². The van der Waals surface area contributed by atoms with Gasteiger partial charge in [-0.3, -0.25) is 9.59 Å². The lowest BCUT2D eigenvalue weighted by molar-refractivity contribution is -0.153. The van der Waals surface area contributed by atoms with Gasteiger partial charge in [-0.1, -0.05) is 13.8 Å². The Morgan fingerprint density at radius 3 is 2.22 bits per heavy atom.